The van der Waals surface area contributed by atoms with Crippen molar-refractivity contribution >= 4 is 55.9 Å². The van der Waals surface area contributed by atoms with Crippen LogP contribution in [0.1, 0.15) is 13.8 Å². The molecule has 0 fully saturated rings. The predicted molar refractivity (Wildman–Crippen MR) is 107 cm³/mol. The molecule has 0 saturated carbocycles. The summed E-state index contributed by atoms with van der Waals surface area (Å²) >= 11 is 2.03. The van der Waals surface area contributed by atoms with E-state index in [0.29, 0.717) is 5.69 Å². The molecule has 0 aliphatic carbocycles. The number of nitrogens with zero attached hydrogens (tertiary/aromatic N) is 1. The standard InChI is InChI=1S/C17H17IN2O5S/c1-11(17(22)23)20(15-5-3-4-13(18)10-15)26(24,25)16-8-6-14(7-9-16)19-12(2)21/h3-11H,1-2H3,(H,19,21)(H,22,23). The molecule has 2 N–H and O–H groups in total. The molecule has 9 heteroatoms. The van der Waals surface area contributed by atoms with Crippen LogP contribution < -0.4 is 9.62 Å². The Morgan fingerprint density at radius 3 is 2.27 bits per heavy atom. The minimum atomic E-state index is -4.12. The highest BCUT2D eigenvalue weighted by atomic mass is 127. The van der Waals surface area contributed by atoms with Crippen LogP contribution in [0.2, 0.25) is 0 Å². The van der Waals surface area contributed by atoms with E-state index >= 15 is 0 Å². The lowest BCUT2D eigenvalue weighted by Crippen LogP contribution is -2.43. The maximum absolute atomic E-state index is 13.1. The molecule has 2 aromatic carbocycles. The van der Waals surface area contributed by atoms with Gasteiger partial charge in [-0.2, -0.15) is 0 Å². The normalized spacial score (nSPS) is 12.3. The number of carboxylic acids is 1. The highest BCUT2D eigenvalue weighted by Crippen LogP contribution is 2.28. The second-order valence-corrected chi connectivity index (χ2v) is 8.56. The van der Waals surface area contributed by atoms with E-state index in [1.807, 2.05) is 22.6 Å². The minimum absolute atomic E-state index is 0.0708. The first-order chi connectivity index (χ1) is 12.1. The van der Waals surface area contributed by atoms with Crippen molar-refractivity contribution in [2.24, 2.45) is 0 Å². The summed E-state index contributed by atoms with van der Waals surface area (Å²) in [7, 11) is -4.12. The van der Waals surface area contributed by atoms with E-state index in [4.69, 9.17) is 0 Å². The van der Waals surface area contributed by atoms with Crippen molar-refractivity contribution in [3.05, 3.63) is 52.1 Å². The number of carbonyl (C=O) groups excluding carboxylic acids is 1. The molecule has 0 aliphatic heterocycles. The Kier molecular flexibility index (Phi) is 6.24. The molecule has 1 atom stereocenters. The average Bonchev–Trinajstić information content (AvgIpc) is 2.54. The Labute approximate surface area is 165 Å². The van der Waals surface area contributed by atoms with Crippen LogP contribution in [-0.4, -0.2) is 31.4 Å². The second kappa shape index (κ2) is 8.04. The van der Waals surface area contributed by atoms with Crippen molar-refractivity contribution in [2.75, 3.05) is 9.62 Å². The summed E-state index contributed by atoms with van der Waals surface area (Å²) in [6.45, 7) is 2.66. The Bertz CT molecular complexity index is 928. The number of sulfonamides is 1. The number of anilines is 2. The number of halogens is 1. The number of carbonyl (C=O) groups is 2. The molecule has 0 spiro atoms. The number of hydrogen-bond donors (Lipinski definition) is 2. The summed E-state index contributed by atoms with van der Waals surface area (Å²) in [5, 5.41) is 11.9. The van der Waals surface area contributed by atoms with Crippen molar-refractivity contribution < 1.29 is 23.1 Å². The Balaban J connectivity index is 2.52. The summed E-state index contributed by atoms with van der Waals surface area (Å²) < 4.78 is 27.8. The quantitative estimate of drug-likeness (QED) is 0.609. The molecule has 7 nitrogen and oxygen atoms in total. The maximum Gasteiger partial charge on any atom is 0.327 e. The van der Waals surface area contributed by atoms with Crippen LogP contribution in [0.15, 0.2) is 53.4 Å². The van der Waals surface area contributed by atoms with Gasteiger partial charge in [-0.15, -0.1) is 0 Å². The fraction of sp³-hybridized carbons (Fsp3) is 0.176. The zero-order chi connectivity index (χ0) is 19.5. The van der Waals surface area contributed by atoms with E-state index in [9.17, 15) is 23.1 Å². The van der Waals surface area contributed by atoms with Crippen LogP contribution in [0, 0.1) is 3.57 Å². The highest BCUT2D eigenvalue weighted by Gasteiger charge is 2.33. The molecular weight excluding hydrogens is 471 g/mol. The van der Waals surface area contributed by atoms with E-state index in [2.05, 4.69) is 5.32 Å². The van der Waals surface area contributed by atoms with Crippen molar-refractivity contribution in [3.8, 4) is 0 Å². The number of aliphatic carboxylic acids is 1. The molecule has 0 saturated heterocycles. The lowest BCUT2D eigenvalue weighted by molar-refractivity contribution is -0.137. The van der Waals surface area contributed by atoms with Gasteiger partial charge in [0.1, 0.15) is 6.04 Å². The number of nitrogens with one attached hydrogen (secondary N) is 1. The molecule has 2 rings (SSSR count). The van der Waals surface area contributed by atoms with E-state index < -0.39 is 22.0 Å². The first-order valence-electron chi connectivity index (χ1n) is 7.53. The summed E-state index contributed by atoms with van der Waals surface area (Å²) in [5.41, 5.74) is 0.710. The summed E-state index contributed by atoms with van der Waals surface area (Å²) in [6, 6.07) is 10.9. The first-order valence-corrected chi connectivity index (χ1v) is 10.1. The van der Waals surface area contributed by atoms with Crippen LogP contribution in [0.5, 0.6) is 0 Å². The van der Waals surface area contributed by atoms with Gasteiger partial charge in [0.05, 0.1) is 10.6 Å². The molecule has 1 unspecified atom stereocenters. The summed E-state index contributed by atoms with van der Waals surface area (Å²) in [5.74, 6) is -1.54. The molecule has 0 aromatic heterocycles. The number of benzene rings is 2. The Hall–Kier alpha value is -2.14. The topological polar surface area (TPSA) is 104 Å². The van der Waals surface area contributed by atoms with Crippen molar-refractivity contribution in [1.29, 1.82) is 0 Å². The molecular formula is C17H17IN2O5S. The van der Waals surface area contributed by atoms with E-state index in [0.717, 1.165) is 7.88 Å². The van der Waals surface area contributed by atoms with Gasteiger partial charge in [0, 0.05) is 16.2 Å². The smallest absolute Gasteiger partial charge is 0.327 e. The van der Waals surface area contributed by atoms with Gasteiger partial charge in [-0.1, -0.05) is 6.07 Å². The van der Waals surface area contributed by atoms with Crippen molar-refractivity contribution in [2.45, 2.75) is 24.8 Å². The monoisotopic (exact) mass is 488 g/mol. The van der Waals surface area contributed by atoms with E-state index in [1.54, 1.807) is 24.3 Å². The molecule has 2 aromatic rings. The maximum atomic E-state index is 13.1. The summed E-state index contributed by atoms with van der Waals surface area (Å²) in [6.07, 6.45) is 0. The van der Waals surface area contributed by atoms with Crippen LogP contribution in [0.3, 0.4) is 0 Å². The van der Waals surface area contributed by atoms with Gasteiger partial charge in [0.2, 0.25) is 5.91 Å². The predicted octanol–water partition coefficient (Wildman–Crippen LogP) is 2.92. The van der Waals surface area contributed by atoms with E-state index in [1.165, 1.54) is 38.1 Å². The molecule has 0 radical (unpaired) electrons. The third-order valence-electron chi connectivity index (χ3n) is 3.50. The number of amides is 1. The van der Waals surface area contributed by atoms with Gasteiger partial charge < -0.3 is 10.4 Å². The van der Waals surface area contributed by atoms with Gasteiger partial charge >= 0.3 is 5.97 Å². The van der Waals surface area contributed by atoms with Gasteiger partial charge in [-0.25, -0.2) is 13.2 Å². The lowest BCUT2D eigenvalue weighted by atomic mass is 10.2. The number of rotatable bonds is 6. The minimum Gasteiger partial charge on any atom is -0.480 e. The van der Waals surface area contributed by atoms with Gasteiger partial charge in [0.15, 0.2) is 0 Å². The second-order valence-electron chi connectivity index (χ2n) is 5.50. The number of hydrogen-bond acceptors (Lipinski definition) is 4. The molecule has 138 valence electrons. The molecule has 0 bridgehead atoms. The molecule has 0 heterocycles. The molecule has 1 amide bonds. The zero-order valence-electron chi connectivity index (χ0n) is 14.0. The van der Waals surface area contributed by atoms with Gasteiger partial charge in [0.25, 0.3) is 10.0 Å². The average molecular weight is 488 g/mol. The Morgan fingerprint density at radius 2 is 1.77 bits per heavy atom. The first kappa shape index (κ1) is 20.2. The summed E-state index contributed by atoms with van der Waals surface area (Å²) in [4.78, 5) is 22.5. The third kappa shape index (κ3) is 4.52. The highest BCUT2D eigenvalue weighted by molar-refractivity contribution is 14.1. The fourth-order valence-corrected chi connectivity index (χ4v) is 4.44. The van der Waals surface area contributed by atoms with Crippen LogP contribution >= 0.6 is 22.6 Å². The van der Waals surface area contributed by atoms with Crippen molar-refractivity contribution in [1.82, 2.24) is 0 Å². The zero-order valence-corrected chi connectivity index (χ0v) is 17.0. The Morgan fingerprint density at radius 1 is 1.15 bits per heavy atom. The lowest BCUT2D eigenvalue weighted by Gasteiger charge is -2.28. The van der Waals surface area contributed by atoms with Crippen LogP contribution in [0.4, 0.5) is 11.4 Å². The van der Waals surface area contributed by atoms with Gasteiger partial charge in [-0.3, -0.25) is 9.10 Å². The number of carboxylic acid groups (broad SMARTS) is 1. The van der Waals surface area contributed by atoms with E-state index in [-0.39, 0.29) is 16.5 Å². The third-order valence-corrected chi connectivity index (χ3v) is 6.09. The van der Waals surface area contributed by atoms with Crippen LogP contribution in [0.25, 0.3) is 0 Å². The van der Waals surface area contributed by atoms with Gasteiger partial charge in [-0.05, 0) is 72.0 Å². The SMILES string of the molecule is CC(=O)Nc1ccc(S(=O)(=O)N(c2cccc(I)c2)C(C)C(=O)O)cc1. The largest absolute Gasteiger partial charge is 0.480 e. The molecule has 26 heavy (non-hydrogen) atoms. The molecule has 0 aliphatic rings. The van der Waals surface area contributed by atoms with Crippen LogP contribution in [-0.2, 0) is 19.6 Å². The fourth-order valence-electron chi connectivity index (χ4n) is 2.31. The van der Waals surface area contributed by atoms with Crippen molar-refractivity contribution in [3.63, 3.8) is 0 Å².